The molecule has 0 radical (unpaired) electrons. The summed E-state index contributed by atoms with van der Waals surface area (Å²) in [6.07, 6.45) is -0.718. The number of nitrogens with one attached hydrogen (secondary N) is 1. The summed E-state index contributed by atoms with van der Waals surface area (Å²) in [5, 5.41) is -1.41. The van der Waals surface area contributed by atoms with Crippen molar-refractivity contribution in [3.8, 4) is 0 Å². The summed E-state index contributed by atoms with van der Waals surface area (Å²) in [4.78, 5) is 63.0. The molecule has 0 aliphatic carbocycles. The van der Waals surface area contributed by atoms with Gasteiger partial charge in [-0.3, -0.25) is 28.7 Å². The van der Waals surface area contributed by atoms with Crippen molar-refractivity contribution in [1.29, 1.82) is 0 Å². The van der Waals surface area contributed by atoms with Crippen LogP contribution >= 0.6 is 11.8 Å². The number of nitrogens with zero attached hydrogens (tertiary/aromatic N) is 1. The lowest BCUT2D eigenvalue weighted by atomic mass is 10.1. The van der Waals surface area contributed by atoms with Crippen molar-refractivity contribution >= 4 is 29.7 Å². The van der Waals surface area contributed by atoms with Crippen molar-refractivity contribution in [1.82, 2.24) is 9.55 Å². The standard InChI is InChI=1S/C21H30N2O8S.C2H6/c1-10(2)18(25)29-9-13-15(30-19(26)11(3)4)16(31-20(27)12(5)6)17(32-13)23-8-7-14(24)22-21(23)28;1-2/h7-8,10-13,15-17H,9H2,1-6H3,(H,22,24,28);1-2H3. The number of hydrogen-bond acceptors (Lipinski definition) is 9. The third-order valence-corrected chi connectivity index (χ3v) is 6.25. The van der Waals surface area contributed by atoms with Gasteiger partial charge in [0.15, 0.2) is 12.2 Å². The van der Waals surface area contributed by atoms with Gasteiger partial charge >= 0.3 is 23.6 Å². The number of esters is 3. The molecule has 10 nitrogen and oxygen atoms in total. The Labute approximate surface area is 203 Å². The third kappa shape index (κ3) is 7.75. The van der Waals surface area contributed by atoms with Crippen molar-refractivity contribution in [2.75, 3.05) is 6.61 Å². The molecular formula is C23H36N2O8S. The first-order valence-corrected chi connectivity index (χ1v) is 12.4. The van der Waals surface area contributed by atoms with Gasteiger partial charge in [-0.1, -0.05) is 55.4 Å². The summed E-state index contributed by atoms with van der Waals surface area (Å²) < 4.78 is 17.9. The average Bonchev–Trinajstić information content (AvgIpc) is 3.09. The molecule has 0 spiro atoms. The lowest BCUT2D eigenvalue weighted by molar-refractivity contribution is -0.173. The van der Waals surface area contributed by atoms with Crippen LogP contribution in [0.25, 0.3) is 0 Å². The Balaban J connectivity index is 0.00000281. The van der Waals surface area contributed by atoms with Crippen LogP contribution in [0.1, 0.15) is 60.8 Å². The number of aromatic amines is 1. The second-order valence-corrected chi connectivity index (χ2v) is 9.84. The number of H-pyrrole nitrogens is 1. The highest BCUT2D eigenvalue weighted by molar-refractivity contribution is 8.00. The monoisotopic (exact) mass is 500 g/mol. The largest absolute Gasteiger partial charge is 0.464 e. The molecule has 2 heterocycles. The van der Waals surface area contributed by atoms with E-state index < -0.39 is 63.8 Å². The fraction of sp³-hybridized carbons (Fsp3) is 0.696. The fourth-order valence-electron chi connectivity index (χ4n) is 2.83. The van der Waals surface area contributed by atoms with E-state index in [1.807, 2.05) is 13.8 Å². The molecule has 1 aliphatic heterocycles. The maximum atomic E-state index is 12.5. The number of carbonyl (C=O) groups excluding carboxylic acids is 3. The molecule has 0 aromatic carbocycles. The Kier molecular flexibility index (Phi) is 11.6. The Morgan fingerprint density at radius 1 is 0.912 bits per heavy atom. The second kappa shape index (κ2) is 13.4. The first kappa shape index (κ1) is 29.5. The molecule has 0 bridgehead atoms. The Bertz CT molecular complexity index is 953. The van der Waals surface area contributed by atoms with Gasteiger partial charge in [0, 0.05) is 12.3 Å². The summed E-state index contributed by atoms with van der Waals surface area (Å²) >= 11 is 1.17. The number of ether oxygens (including phenoxy) is 3. The molecule has 1 aromatic heterocycles. The topological polar surface area (TPSA) is 134 Å². The highest BCUT2D eigenvalue weighted by atomic mass is 32.2. The van der Waals surface area contributed by atoms with E-state index in [2.05, 4.69) is 4.98 Å². The molecule has 1 aliphatic rings. The first-order valence-electron chi connectivity index (χ1n) is 11.5. The number of thioether (sulfide) groups is 1. The molecule has 1 aromatic rings. The van der Waals surface area contributed by atoms with Gasteiger partial charge in [-0.25, -0.2) is 4.79 Å². The molecule has 11 heteroatoms. The van der Waals surface area contributed by atoms with Crippen molar-refractivity contribution in [3.05, 3.63) is 33.1 Å². The van der Waals surface area contributed by atoms with Crippen LogP contribution in [0, 0.1) is 17.8 Å². The van der Waals surface area contributed by atoms with Crippen LogP contribution in [0.4, 0.5) is 0 Å². The minimum absolute atomic E-state index is 0.109. The Hall–Kier alpha value is -2.56. The van der Waals surface area contributed by atoms with E-state index in [0.717, 1.165) is 0 Å². The van der Waals surface area contributed by atoms with E-state index in [1.165, 1.54) is 28.6 Å². The summed E-state index contributed by atoms with van der Waals surface area (Å²) in [5.74, 6) is -2.76. The average molecular weight is 501 g/mol. The van der Waals surface area contributed by atoms with Crippen molar-refractivity contribution < 1.29 is 28.6 Å². The molecule has 4 atom stereocenters. The zero-order valence-corrected chi connectivity index (χ0v) is 21.8. The van der Waals surface area contributed by atoms with E-state index in [0.29, 0.717) is 0 Å². The van der Waals surface area contributed by atoms with Crippen molar-refractivity contribution in [2.45, 2.75) is 78.2 Å². The summed E-state index contributed by atoms with van der Waals surface area (Å²) in [6.45, 7) is 13.9. The first-order chi connectivity index (χ1) is 15.9. The van der Waals surface area contributed by atoms with E-state index >= 15 is 0 Å². The van der Waals surface area contributed by atoms with Crippen LogP contribution in [0.5, 0.6) is 0 Å². The normalized spacial score (nSPS) is 21.7. The van der Waals surface area contributed by atoms with Crippen LogP contribution in [0.3, 0.4) is 0 Å². The number of hydrogen-bond donors (Lipinski definition) is 1. The van der Waals surface area contributed by atoms with Crippen LogP contribution in [-0.4, -0.2) is 51.5 Å². The summed E-state index contributed by atoms with van der Waals surface area (Å²) in [5.41, 5.74) is -1.27. The molecule has 4 unspecified atom stereocenters. The van der Waals surface area contributed by atoms with Crippen LogP contribution in [0.2, 0.25) is 0 Å². The second-order valence-electron chi connectivity index (χ2n) is 8.48. The van der Waals surface area contributed by atoms with Gasteiger partial charge < -0.3 is 14.2 Å². The predicted octanol–water partition coefficient (Wildman–Crippen LogP) is 2.51. The Morgan fingerprint density at radius 3 is 1.88 bits per heavy atom. The number of rotatable bonds is 8. The molecule has 34 heavy (non-hydrogen) atoms. The maximum absolute atomic E-state index is 12.5. The van der Waals surface area contributed by atoms with Crippen molar-refractivity contribution in [3.63, 3.8) is 0 Å². The number of carbonyl (C=O) groups is 3. The maximum Gasteiger partial charge on any atom is 0.329 e. The minimum atomic E-state index is -1.04. The van der Waals surface area contributed by atoms with Crippen molar-refractivity contribution in [2.24, 2.45) is 17.8 Å². The molecular weight excluding hydrogens is 464 g/mol. The predicted molar refractivity (Wildman–Crippen MR) is 128 cm³/mol. The highest BCUT2D eigenvalue weighted by Gasteiger charge is 2.51. The third-order valence-electron chi connectivity index (χ3n) is 4.72. The van der Waals surface area contributed by atoms with E-state index in [1.54, 1.807) is 41.5 Å². The quantitative estimate of drug-likeness (QED) is 0.422. The molecule has 2 rings (SSSR count). The van der Waals surface area contributed by atoms with Crippen LogP contribution in [-0.2, 0) is 28.6 Å². The van der Waals surface area contributed by atoms with Crippen LogP contribution < -0.4 is 11.2 Å². The SMILES string of the molecule is CC.CC(C)C(=O)OCC1SC(n2ccc(=O)[nH]c2=O)C(OC(=O)C(C)C)C1OC(=O)C(C)C. The molecule has 1 N–H and O–H groups in total. The van der Waals surface area contributed by atoms with Gasteiger partial charge in [-0.15, -0.1) is 11.8 Å². The highest BCUT2D eigenvalue weighted by Crippen LogP contribution is 2.45. The fourth-order valence-corrected chi connectivity index (χ4v) is 4.37. The molecule has 1 fully saturated rings. The Morgan fingerprint density at radius 2 is 1.41 bits per heavy atom. The van der Waals surface area contributed by atoms with E-state index in [9.17, 15) is 24.0 Å². The summed E-state index contributed by atoms with van der Waals surface area (Å²) in [7, 11) is 0. The van der Waals surface area contributed by atoms with Gasteiger partial charge in [-0.05, 0) is 0 Å². The lowest BCUT2D eigenvalue weighted by Crippen LogP contribution is -2.44. The minimum Gasteiger partial charge on any atom is -0.464 e. The smallest absolute Gasteiger partial charge is 0.329 e. The van der Waals surface area contributed by atoms with E-state index in [-0.39, 0.29) is 12.5 Å². The molecule has 0 saturated carbocycles. The summed E-state index contributed by atoms with van der Waals surface area (Å²) in [6, 6.07) is 1.17. The molecule has 192 valence electrons. The number of aromatic nitrogens is 2. The van der Waals surface area contributed by atoms with Gasteiger partial charge in [0.2, 0.25) is 0 Å². The van der Waals surface area contributed by atoms with Crippen LogP contribution in [0.15, 0.2) is 21.9 Å². The molecule has 1 saturated heterocycles. The zero-order chi connectivity index (χ0) is 26.2. The lowest BCUT2D eigenvalue weighted by Gasteiger charge is -2.27. The zero-order valence-electron chi connectivity index (χ0n) is 21.0. The van der Waals surface area contributed by atoms with Gasteiger partial charge in [0.25, 0.3) is 5.56 Å². The van der Waals surface area contributed by atoms with Gasteiger partial charge in [0.05, 0.1) is 23.0 Å². The van der Waals surface area contributed by atoms with Gasteiger partial charge in [-0.2, -0.15) is 0 Å². The molecule has 0 amide bonds. The van der Waals surface area contributed by atoms with E-state index in [4.69, 9.17) is 14.2 Å². The van der Waals surface area contributed by atoms with Gasteiger partial charge in [0.1, 0.15) is 12.0 Å².